The number of nitrogens with zero attached hydrogens (tertiary/aromatic N) is 7. The highest BCUT2D eigenvalue weighted by Crippen LogP contribution is 2.49. The van der Waals surface area contributed by atoms with Crippen molar-refractivity contribution in [3.8, 4) is 22.8 Å². The molecule has 1 aliphatic carbocycles. The van der Waals surface area contributed by atoms with Crippen LogP contribution in [0.1, 0.15) is 71.7 Å². The fraction of sp³-hybridized carbons (Fsp3) is 0.357. The molecule has 4 amide bonds. The minimum absolute atomic E-state index is 0.0957. The normalized spacial score (nSPS) is 22.5. The molecule has 3 N–H and O–H groups in total. The second-order valence-electron chi connectivity index (χ2n) is 15.9. The van der Waals surface area contributed by atoms with Crippen molar-refractivity contribution >= 4 is 46.2 Å². The number of nitrogen functional groups attached to an aromatic ring is 1. The number of hydrogen-bond donors (Lipinski definition) is 2. The summed E-state index contributed by atoms with van der Waals surface area (Å²) in [5, 5.41) is 8.16. The number of amides is 4. The minimum Gasteiger partial charge on any atom is -0.457 e. The molecule has 0 bridgehead atoms. The quantitative estimate of drug-likeness (QED) is 0.216. The molecule has 10 rings (SSSR count). The fourth-order valence-corrected chi connectivity index (χ4v) is 9.54. The monoisotopic (exact) mass is 751 g/mol. The van der Waals surface area contributed by atoms with Gasteiger partial charge in [-0.1, -0.05) is 18.2 Å². The standard InChI is InChI=1S/C42H41N9O5/c43-37-35-36(25-6-9-30(10-7-25)56-29-4-2-1-3-5-29)47-51(38(35)45-24-44-37)26-14-17-42(18-15-26)22-49(23-42)28-16-19-48(21-28)27-8-11-31-32(20-27)41(55)50(40(31)54)33-12-13-34(52)46-39(33)53/h1-11,20,24,26,28,33H,12-19,21-23H2,(H2,43,44,45)(H,46,52,53)/t28-,33?/m1/s1. The van der Waals surface area contributed by atoms with E-state index >= 15 is 0 Å². The van der Waals surface area contributed by atoms with Crippen molar-refractivity contribution in [3.05, 3.63) is 90.3 Å². The average Bonchev–Trinajstić information content (AvgIpc) is 3.91. The first-order valence-corrected chi connectivity index (χ1v) is 19.4. The largest absolute Gasteiger partial charge is 0.457 e. The summed E-state index contributed by atoms with van der Waals surface area (Å²) in [6, 6.07) is 22.6. The van der Waals surface area contributed by atoms with Crippen LogP contribution in [0, 0.1) is 5.41 Å². The lowest BCUT2D eigenvalue weighted by molar-refractivity contribution is -0.136. The number of carbonyl (C=O) groups is 4. The number of carbonyl (C=O) groups excluding carboxylic acids is 4. The number of anilines is 2. The van der Waals surface area contributed by atoms with Crippen LogP contribution in [0.15, 0.2) is 79.1 Å². The second kappa shape index (κ2) is 13.3. The number of fused-ring (bicyclic) bond motifs is 2. The van der Waals surface area contributed by atoms with Crippen LogP contribution < -0.4 is 20.7 Å². The van der Waals surface area contributed by atoms with Crippen LogP contribution in [0.4, 0.5) is 11.5 Å². The Hall–Kier alpha value is -6.15. The number of rotatable bonds is 7. The van der Waals surface area contributed by atoms with E-state index in [0.717, 1.165) is 103 Å². The molecule has 14 heteroatoms. The second-order valence-corrected chi connectivity index (χ2v) is 15.9. The lowest BCUT2D eigenvalue weighted by Crippen LogP contribution is -2.61. The Labute approximate surface area is 322 Å². The number of nitrogens with two attached hydrogens (primary N) is 1. The Kier molecular flexibility index (Phi) is 8.13. The zero-order valence-electron chi connectivity index (χ0n) is 30.8. The highest BCUT2D eigenvalue weighted by Gasteiger charge is 2.49. The number of benzene rings is 3. The molecule has 2 atom stereocenters. The van der Waals surface area contributed by atoms with Gasteiger partial charge in [-0.3, -0.25) is 34.3 Å². The Morgan fingerprint density at radius 2 is 1.55 bits per heavy atom. The number of nitrogens with one attached hydrogen (secondary N) is 1. The average molecular weight is 752 g/mol. The maximum atomic E-state index is 13.4. The van der Waals surface area contributed by atoms with Crippen molar-refractivity contribution in [3.63, 3.8) is 0 Å². The molecule has 4 fully saturated rings. The Morgan fingerprint density at radius 1 is 0.804 bits per heavy atom. The third-order valence-corrected chi connectivity index (χ3v) is 12.5. The summed E-state index contributed by atoms with van der Waals surface area (Å²) in [5.74, 6) is -0.0118. The Bertz CT molecular complexity index is 2400. The zero-order valence-corrected chi connectivity index (χ0v) is 30.8. The van der Waals surface area contributed by atoms with E-state index in [9.17, 15) is 19.2 Å². The third kappa shape index (κ3) is 5.78. The highest BCUT2D eigenvalue weighted by molar-refractivity contribution is 6.23. The maximum absolute atomic E-state index is 13.4. The third-order valence-electron chi connectivity index (χ3n) is 12.5. The van der Waals surface area contributed by atoms with Crippen LogP contribution >= 0.6 is 0 Å². The van der Waals surface area contributed by atoms with E-state index in [1.165, 1.54) is 6.33 Å². The van der Waals surface area contributed by atoms with Gasteiger partial charge in [0.05, 0.1) is 22.6 Å². The maximum Gasteiger partial charge on any atom is 0.262 e. The SMILES string of the molecule is Nc1ncnc2c1c(-c1ccc(Oc3ccccc3)cc1)nn2C1CCC2(CC1)CN([C@@H]1CCN(c3ccc4c(c3)C(=O)N(C3CCC(=O)NC3=O)C4=O)C1)C2. The van der Waals surface area contributed by atoms with E-state index in [1.54, 1.807) is 12.1 Å². The van der Waals surface area contributed by atoms with Crippen LogP contribution in [0.5, 0.6) is 11.5 Å². The van der Waals surface area contributed by atoms with Crippen LogP contribution in [0.2, 0.25) is 0 Å². The predicted molar refractivity (Wildman–Crippen MR) is 207 cm³/mol. The number of imide groups is 2. The van der Waals surface area contributed by atoms with Crippen LogP contribution in [0.25, 0.3) is 22.3 Å². The fourth-order valence-electron chi connectivity index (χ4n) is 9.54. The molecule has 6 heterocycles. The van der Waals surface area contributed by atoms with Gasteiger partial charge in [0.1, 0.15) is 35.4 Å². The lowest BCUT2D eigenvalue weighted by atomic mass is 9.67. The van der Waals surface area contributed by atoms with Crippen molar-refractivity contribution < 1.29 is 23.9 Å². The lowest BCUT2D eigenvalue weighted by Gasteiger charge is -2.55. The van der Waals surface area contributed by atoms with Crippen LogP contribution in [0.3, 0.4) is 0 Å². The number of hydrogen-bond acceptors (Lipinski definition) is 11. The number of likely N-dealkylation sites (tertiary alicyclic amines) is 1. The van der Waals surface area contributed by atoms with Crippen molar-refractivity contribution in [2.75, 3.05) is 36.8 Å². The van der Waals surface area contributed by atoms with Crippen LogP contribution in [-0.4, -0.2) is 91.4 Å². The minimum atomic E-state index is -0.970. The molecule has 4 aliphatic heterocycles. The Balaban J connectivity index is 0.777. The number of piperidine rings is 1. The topological polar surface area (TPSA) is 169 Å². The smallest absolute Gasteiger partial charge is 0.262 e. The van der Waals surface area contributed by atoms with Gasteiger partial charge >= 0.3 is 0 Å². The number of para-hydroxylation sites is 1. The first kappa shape index (κ1) is 34.3. The van der Waals surface area contributed by atoms with E-state index < -0.39 is 23.8 Å². The summed E-state index contributed by atoms with van der Waals surface area (Å²) in [7, 11) is 0. The molecule has 3 saturated heterocycles. The van der Waals surface area contributed by atoms with Crippen molar-refractivity contribution in [2.45, 2.75) is 63.1 Å². The summed E-state index contributed by atoms with van der Waals surface area (Å²) < 4.78 is 8.09. The molecular weight excluding hydrogens is 711 g/mol. The van der Waals surface area contributed by atoms with E-state index in [0.29, 0.717) is 23.0 Å². The zero-order chi connectivity index (χ0) is 38.1. The van der Waals surface area contributed by atoms with Crippen molar-refractivity contribution in [1.29, 1.82) is 0 Å². The summed E-state index contributed by atoms with van der Waals surface area (Å²) in [6.07, 6.45) is 7.01. The van der Waals surface area contributed by atoms with E-state index in [2.05, 4.69) is 29.8 Å². The van der Waals surface area contributed by atoms with Gasteiger partial charge < -0.3 is 15.4 Å². The summed E-state index contributed by atoms with van der Waals surface area (Å²) in [6.45, 7) is 3.83. The highest BCUT2D eigenvalue weighted by atomic mass is 16.5. The molecular formula is C42H41N9O5. The van der Waals surface area contributed by atoms with Gasteiger partial charge in [0.25, 0.3) is 11.8 Å². The molecule has 3 aromatic carbocycles. The van der Waals surface area contributed by atoms with Gasteiger partial charge in [-0.15, -0.1) is 0 Å². The molecule has 1 unspecified atom stereocenters. The van der Waals surface area contributed by atoms with Gasteiger partial charge in [-0.2, -0.15) is 5.10 Å². The van der Waals surface area contributed by atoms with Crippen molar-refractivity contribution in [2.24, 2.45) is 5.41 Å². The molecule has 14 nitrogen and oxygen atoms in total. The van der Waals surface area contributed by atoms with Gasteiger partial charge in [0.15, 0.2) is 5.65 Å². The van der Waals surface area contributed by atoms with E-state index in [-0.39, 0.29) is 30.2 Å². The molecule has 2 aromatic heterocycles. The van der Waals surface area contributed by atoms with Gasteiger partial charge in [-0.25, -0.2) is 14.6 Å². The molecule has 5 aromatic rings. The molecule has 56 heavy (non-hydrogen) atoms. The van der Waals surface area contributed by atoms with Gasteiger partial charge in [0.2, 0.25) is 11.8 Å². The molecule has 0 radical (unpaired) electrons. The first-order chi connectivity index (χ1) is 27.2. The molecule has 5 aliphatic rings. The predicted octanol–water partition coefficient (Wildman–Crippen LogP) is 4.97. The van der Waals surface area contributed by atoms with Crippen molar-refractivity contribution in [1.82, 2.24) is 34.9 Å². The number of ether oxygens (including phenoxy) is 1. The van der Waals surface area contributed by atoms with Gasteiger partial charge in [0, 0.05) is 49.9 Å². The van der Waals surface area contributed by atoms with E-state index in [1.807, 2.05) is 60.7 Å². The molecule has 284 valence electrons. The van der Waals surface area contributed by atoms with E-state index in [4.69, 9.17) is 15.6 Å². The Morgan fingerprint density at radius 3 is 2.32 bits per heavy atom. The molecule has 1 saturated carbocycles. The van der Waals surface area contributed by atoms with Crippen LogP contribution in [-0.2, 0) is 9.59 Å². The summed E-state index contributed by atoms with van der Waals surface area (Å²) in [5.41, 5.74) is 10.7. The summed E-state index contributed by atoms with van der Waals surface area (Å²) >= 11 is 0. The first-order valence-electron chi connectivity index (χ1n) is 19.4. The summed E-state index contributed by atoms with van der Waals surface area (Å²) in [4.78, 5) is 65.6. The van der Waals surface area contributed by atoms with Gasteiger partial charge in [-0.05, 0) is 98.5 Å². The number of aromatic nitrogens is 4. The molecule has 1 spiro atoms.